The van der Waals surface area contributed by atoms with Gasteiger partial charge >= 0.3 is 0 Å². The van der Waals surface area contributed by atoms with Crippen LogP contribution in [0.2, 0.25) is 0 Å². The smallest absolute Gasteiger partial charge is 0.137 e. The van der Waals surface area contributed by atoms with Gasteiger partial charge in [0, 0.05) is 19.0 Å². The Morgan fingerprint density at radius 2 is 2.17 bits per heavy atom. The van der Waals surface area contributed by atoms with Gasteiger partial charge in [-0.25, -0.2) is 4.98 Å². The van der Waals surface area contributed by atoms with E-state index in [4.69, 9.17) is 0 Å². The van der Waals surface area contributed by atoms with Crippen LogP contribution in [0.5, 0.6) is 0 Å². The van der Waals surface area contributed by atoms with Gasteiger partial charge in [-0.1, -0.05) is 6.42 Å². The number of rotatable bonds is 4. The van der Waals surface area contributed by atoms with Crippen molar-refractivity contribution in [2.45, 2.75) is 44.6 Å². The maximum absolute atomic E-state index is 4.17. The molecule has 3 fully saturated rings. The van der Waals surface area contributed by atoms with Crippen LogP contribution in [0.3, 0.4) is 0 Å². The zero-order valence-corrected chi connectivity index (χ0v) is 10.8. The molecule has 3 aliphatic rings. The molecule has 2 bridgehead atoms. The first kappa shape index (κ1) is 11.0. The van der Waals surface area contributed by atoms with Crippen LogP contribution < -0.4 is 5.32 Å². The number of aromatic nitrogens is 3. The summed E-state index contributed by atoms with van der Waals surface area (Å²) in [6, 6.07) is 0.789. The molecule has 98 valence electrons. The third-order valence-electron chi connectivity index (χ3n) is 5.66. The molecule has 5 atom stereocenters. The summed E-state index contributed by atoms with van der Waals surface area (Å²) in [6.07, 6.45) is 10.0. The summed E-state index contributed by atoms with van der Waals surface area (Å²) in [5, 5.41) is 10.6. The van der Waals surface area contributed by atoms with E-state index in [0.717, 1.165) is 48.5 Å². The van der Waals surface area contributed by atoms with E-state index in [1.165, 1.54) is 32.1 Å². The minimum atomic E-state index is 0.789. The van der Waals surface area contributed by atoms with Crippen LogP contribution in [0.4, 0.5) is 0 Å². The van der Waals surface area contributed by atoms with Crippen LogP contribution in [0.15, 0.2) is 6.33 Å². The summed E-state index contributed by atoms with van der Waals surface area (Å²) < 4.78 is 0. The van der Waals surface area contributed by atoms with Gasteiger partial charge in [-0.3, -0.25) is 5.10 Å². The Kier molecular flexibility index (Phi) is 2.64. The molecule has 0 saturated heterocycles. The number of aromatic amines is 1. The fourth-order valence-electron chi connectivity index (χ4n) is 5.03. The fourth-order valence-corrected chi connectivity index (χ4v) is 5.03. The molecule has 4 nitrogen and oxygen atoms in total. The van der Waals surface area contributed by atoms with Crippen molar-refractivity contribution in [3.63, 3.8) is 0 Å². The van der Waals surface area contributed by atoms with Crippen molar-refractivity contribution in [1.82, 2.24) is 20.5 Å². The highest BCUT2D eigenvalue weighted by Gasteiger charge is 2.53. The van der Waals surface area contributed by atoms with E-state index in [9.17, 15) is 0 Å². The van der Waals surface area contributed by atoms with E-state index in [1.54, 1.807) is 6.33 Å². The Bertz CT molecular complexity index is 402. The number of nitrogens with one attached hydrogen (secondary N) is 2. The first-order valence-electron chi connectivity index (χ1n) is 7.49. The van der Waals surface area contributed by atoms with Crippen LogP contribution in [-0.2, 0) is 6.42 Å². The highest BCUT2D eigenvalue weighted by atomic mass is 15.2. The summed E-state index contributed by atoms with van der Waals surface area (Å²) in [7, 11) is 0. The predicted octanol–water partition coefficient (Wildman–Crippen LogP) is 1.76. The van der Waals surface area contributed by atoms with Crippen molar-refractivity contribution in [2.75, 3.05) is 6.54 Å². The molecule has 0 aliphatic heterocycles. The molecule has 1 aromatic rings. The summed E-state index contributed by atoms with van der Waals surface area (Å²) in [5.41, 5.74) is 0. The molecule has 0 spiro atoms. The molecule has 2 N–H and O–H groups in total. The van der Waals surface area contributed by atoms with E-state index in [0.29, 0.717) is 0 Å². The van der Waals surface area contributed by atoms with Crippen LogP contribution in [0.25, 0.3) is 0 Å². The average molecular weight is 246 g/mol. The molecular weight excluding hydrogens is 224 g/mol. The molecule has 1 heterocycles. The molecule has 5 unspecified atom stereocenters. The molecule has 1 aromatic heterocycles. The highest BCUT2D eigenvalue weighted by molar-refractivity contribution is 5.05. The van der Waals surface area contributed by atoms with Gasteiger partial charge in [0.1, 0.15) is 12.2 Å². The van der Waals surface area contributed by atoms with Crippen molar-refractivity contribution >= 4 is 0 Å². The van der Waals surface area contributed by atoms with Crippen molar-refractivity contribution < 1.29 is 0 Å². The maximum Gasteiger partial charge on any atom is 0.137 e. The van der Waals surface area contributed by atoms with Gasteiger partial charge in [0.15, 0.2) is 0 Å². The Morgan fingerprint density at radius 3 is 3.06 bits per heavy atom. The van der Waals surface area contributed by atoms with Gasteiger partial charge in [0.25, 0.3) is 0 Å². The van der Waals surface area contributed by atoms with E-state index in [1.807, 2.05) is 0 Å². The minimum Gasteiger partial charge on any atom is -0.313 e. The molecule has 18 heavy (non-hydrogen) atoms. The molecule has 0 amide bonds. The van der Waals surface area contributed by atoms with Gasteiger partial charge in [-0.05, 0) is 49.4 Å². The van der Waals surface area contributed by atoms with Crippen molar-refractivity contribution in [3.05, 3.63) is 12.2 Å². The molecule has 4 heteroatoms. The third kappa shape index (κ3) is 1.69. The maximum atomic E-state index is 4.17. The van der Waals surface area contributed by atoms with Crippen LogP contribution in [0.1, 0.15) is 37.9 Å². The minimum absolute atomic E-state index is 0.789. The lowest BCUT2D eigenvalue weighted by Crippen LogP contribution is -2.40. The van der Waals surface area contributed by atoms with E-state index in [2.05, 4.69) is 20.5 Å². The van der Waals surface area contributed by atoms with Crippen molar-refractivity contribution in [1.29, 1.82) is 0 Å². The molecular formula is C14H22N4. The zero-order chi connectivity index (χ0) is 11.9. The van der Waals surface area contributed by atoms with Gasteiger partial charge < -0.3 is 5.32 Å². The SMILES string of the molecule is c1n[nH]c(CCNC2CC3CC2C2CCCC32)n1. The Hall–Kier alpha value is -0.900. The summed E-state index contributed by atoms with van der Waals surface area (Å²) in [6.45, 7) is 1.04. The van der Waals surface area contributed by atoms with Crippen LogP contribution >= 0.6 is 0 Å². The molecule has 3 aliphatic carbocycles. The summed E-state index contributed by atoms with van der Waals surface area (Å²) in [5.74, 6) is 5.20. The topological polar surface area (TPSA) is 53.6 Å². The predicted molar refractivity (Wildman–Crippen MR) is 68.9 cm³/mol. The molecule has 0 aromatic carbocycles. The van der Waals surface area contributed by atoms with Crippen LogP contribution in [0, 0.1) is 23.7 Å². The van der Waals surface area contributed by atoms with E-state index < -0.39 is 0 Å². The monoisotopic (exact) mass is 246 g/mol. The largest absolute Gasteiger partial charge is 0.313 e. The lowest BCUT2D eigenvalue weighted by atomic mass is 9.79. The van der Waals surface area contributed by atoms with Gasteiger partial charge in [-0.15, -0.1) is 0 Å². The molecule has 3 saturated carbocycles. The number of hydrogen-bond acceptors (Lipinski definition) is 3. The van der Waals surface area contributed by atoms with E-state index in [-0.39, 0.29) is 0 Å². The number of H-pyrrole nitrogens is 1. The zero-order valence-electron chi connectivity index (χ0n) is 10.8. The second-order valence-electron chi connectivity index (χ2n) is 6.40. The number of nitrogens with zero attached hydrogens (tertiary/aromatic N) is 2. The third-order valence-corrected chi connectivity index (χ3v) is 5.66. The summed E-state index contributed by atoms with van der Waals surface area (Å²) >= 11 is 0. The normalized spacial score (nSPS) is 41.4. The first-order valence-corrected chi connectivity index (χ1v) is 7.49. The lowest BCUT2D eigenvalue weighted by molar-refractivity contribution is 0.209. The lowest BCUT2D eigenvalue weighted by Gasteiger charge is -2.32. The second kappa shape index (κ2) is 4.34. The van der Waals surface area contributed by atoms with Gasteiger partial charge in [-0.2, -0.15) is 5.10 Å². The first-order chi connectivity index (χ1) is 8.92. The average Bonchev–Trinajstić information content (AvgIpc) is 3.12. The Morgan fingerprint density at radius 1 is 1.22 bits per heavy atom. The van der Waals surface area contributed by atoms with E-state index >= 15 is 0 Å². The van der Waals surface area contributed by atoms with Crippen LogP contribution in [-0.4, -0.2) is 27.8 Å². The number of fused-ring (bicyclic) bond motifs is 5. The van der Waals surface area contributed by atoms with Gasteiger partial charge in [0.2, 0.25) is 0 Å². The molecule has 0 radical (unpaired) electrons. The fraction of sp³-hybridized carbons (Fsp3) is 0.857. The quantitative estimate of drug-likeness (QED) is 0.851. The van der Waals surface area contributed by atoms with Crippen molar-refractivity contribution in [2.24, 2.45) is 23.7 Å². The second-order valence-corrected chi connectivity index (χ2v) is 6.40. The highest BCUT2D eigenvalue weighted by Crippen LogP contribution is 2.58. The molecule has 4 rings (SSSR count). The summed E-state index contributed by atoms with van der Waals surface area (Å²) in [4.78, 5) is 4.17. The number of hydrogen-bond donors (Lipinski definition) is 2. The Balaban J connectivity index is 1.32. The van der Waals surface area contributed by atoms with Gasteiger partial charge in [0.05, 0.1) is 0 Å². The standard InChI is InChI=1S/C14H22N4/c1-2-10-9-6-12(11(10)3-1)13(7-9)15-5-4-14-16-8-17-18-14/h8-13,15H,1-7H2,(H,16,17,18). The Labute approximate surface area is 108 Å². The van der Waals surface area contributed by atoms with Crippen molar-refractivity contribution in [3.8, 4) is 0 Å².